The van der Waals surface area contributed by atoms with Crippen molar-refractivity contribution in [1.29, 1.82) is 0 Å². The summed E-state index contributed by atoms with van der Waals surface area (Å²) >= 11 is 0. The zero-order valence-corrected chi connectivity index (χ0v) is 17.5. The van der Waals surface area contributed by atoms with Gasteiger partial charge in [0.15, 0.2) is 0 Å². The van der Waals surface area contributed by atoms with E-state index in [9.17, 15) is 19.5 Å². The van der Waals surface area contributed by atoms with Gasteiger partial charge < -0.3 is 20.4 Å². The minimum Gasteiger partial charge on any atom is -0.481 e. The second-order valence-corrected chi connectivity index (χ2v) is 8.16. The molecule has 1 aliphatic heterocycles. The Labute approximate surface area is 181 Å². The lowest BCUT2D eigenvalue weighted by atomic mass is 9.95. The number of carboxylic acids is 2. The fourth-order valence-corrected chi connectivity index (χ4v) is 3.88. The number of carbonyl (C=O) groups excluding carboxylic acids is 1. The summed E-state index contributed by atoms with van der Waals surface area (Å²) in [4.78, 5) is 36.7. The molecular formula is C24H28N2O5. The quantitative estimate of drug-likeness (QED) is 0.601. The van der Waals surface area contributed by atoms with Gasteiger partial charge in [-0.3, -0.25) is 9.59 Å². The molecule has 1 saturated heterocycles. The first-order chi connectivity index (χ1) is 14.8. The van der Waals surface area contributed by atoms with E-state index in [1.807, 2.05) is 54.6 Å². The van der Waals surface area contributed by atoms with Crippen molar-refractivity contribution in [3.8, 4) is 11.1 Å². The molecule has 1 aliphatic rings. The van der Waals surface area contributed by atoms with E-state index in [0.717, 1.165) is 16.7 Å². The first kappa shape index (κ1) is 22.3. The Kier molecular flexibility index (Phi) is 7.28. The Morgan fingerprint density at radius 1 is 1.03 bits per heavy atom. The Hall–Kier alpha value is -3.35. The zero-order chi connectivity index (χ0) is 22.4. The summed E-state index contributed by atoms with van der Waals surface area (Å²) in [6.07, 6.45) is 1.21. The minimum atomic E-state index is -0.911. The molecule has 0 spiro atoms. The minimum absolute atomic E-state index is 0.175. The molecule has 2 aromatic carbocycles. The maximum Gasteiger partial charge on any atom is 0.317 e. The number of hydrogen-bond donors (Lipinski definition) is 3. The van der Waals surface area contributed by atoms with Crippen LogP contribution in [0.5, 0.6) is 0 Å². The van der Waals surface area contributed by atoms with Crippen LogP contribution in [-0.4, -0.2) is 52.2 Å². The lowest BCUT2D eigenvalue weighted by Crippen LogP contribution is -2.46. The second-order valence-electron chi connectivity index (χ2n) is 8.16. The predicted octanol–water partition coefficient (Wildman–Crippen LogP) is 3.49. The number of benzene rings is 2. The number of hydrogen-bond acceptors (Lipinski definition) is 3. The highest BCUT2D eigenvalue weighted by molar-refractivity contribution is 5.78. The Bertz CT molecular complexity index is 913. The van der Waals surface area contributed by atoms with Crippen LogP contribution in [0, 0.1) is 11.8 Å². The molecule has 7 heteroatoms. The highest BCUT2D eigenvalue weighted by Gasteiger charge is 2.32. The summed E-state index contributed by atoms with van der Waals surface area (Å²) < 4.78 is 0. The van der Waals surface area contributed by atoms with E-state index in [-0.39, 0.29) is 25.0 Å². The standard InChI is InChI=1S/C24H28N2O5/c1-16(22(27)28)13-21(25-24(31)26-12-11-20(15-26)23(29)30)14-17-7-9-19(10-8-17)18-5-3-2-4-6-18/h2-10,16,20-21H,11-15H2,1H3,(H,25,31)(H,27,28)(H,29,30)/t16-,20?,21+/m1/s1. The van der Waals surface area contributed by atoms with Crippen LogP contribution in [0.15, 0.2) is 54.6 Å². The van der Waals surface area contributed by atoms with E-state index >= 15 is 0 Å². The molecule has 3 rings (SSSR count). The number of carbonyl (C=O) groups is 3. The molecule has 1 heterocycles. The molecular weight excluding hydrogens is 396 g/mol. The van der Waals surface area contributed by atoms with E-state index < -0.39 is 23.8 Å². The van der Waals surface area contributed by atoms with Gasteiger partial charge in [0.1, 0.15) is 0 Å². The molecule has 0 bridgehead atoms. The van der Waals surface area contributed by atoms with Gasteiger partial charge in [0.05, 0.1) is 11.8 Å². The normalized spacial score (nSPS) is 17.7. The average molecular weight is 424 g/mol. The number of nitrogens with zero attached hydrogens (tertiary/aromatic N) is 1. The Balaban J connectivity index is 1.68. The van der Waals surface area contributed by atoms with Crippen molar-refractivity contribution in [3.63, 3.8) is 0 Å². The molecule has 164 valence electrons. The number of amides is 2. The van der Waals surface area contributed by atoms with Crippen LogP contribution in [0.3, 0.4) is 0 Å². The van der Waals surface area contributed by atoms with Crippen LogP contribution in [-0.2, 0) is 16.0 Å². The summed E-state index contributed by atoms with van der Waals surface area (Å²) in [6, 6.07) is 17.3. The van der Waals surface area contributed by atoms with Crippen molar-refractivity contribution < 1.29 is 24.6 Å². The first-order valence-electron chi connectivity index (χ1n) is 10.5. The van der Waals surface area contributed by atoms with Crippen LogP contribution >= 0.6 is 0 Å². The third-order valence-electron chi connectivity index (χ3n) is 5.76. The molecule has 3 N–H and O–H groups in total. The van der Waals surface area contributed by atoms with Crippen LogP contribution < -0.4 is 5.32 Å². The third kappa shape index (κ3) is 6.07. The highest BCUT2D eigenvalue weighted by atomic mass is 16.4. The summed E-state index contributed by atoms with van der Waals surface area (Å²) in [6.45, 7) is 2.18. The smallest absolute Gasteiger partial charge is 0.317 e. The van der Waals surface area contributed by atoms with Gasteiger partial charge in [-0.2, -0.15) is 0 Å². The summed E-state index contributed by atoms with van der Waals surface area (Å²) in [5.74, 6) is -2.97. The average Bonchev–Trinajstić information content (AvgIpc) is 3.25. The SMILES string of the molecule is C[C@H](C[C@@H](Cc1ccc(-c2ccccc2)cc1)NC(=O)N1CCC(C(=O)O)C1)C(=O)O. The van der Waals surface area contributed by atoms with Crippen molar-refractivity contribution >= 4 is 18.0 Å². The molecule has 0 radical (unpaired) electrons. The predicted molar refractivity (Wildman–Crippen MR) is 117 cm³/mol. The zero-order valence-electron chi connectivity index (χ0n) is 17.5. The van der Waals surface area contributed by atoms with E-state index in [1.54, 1.807) is 6.92 Å². The van der Waals surface area contributed by atoms with Crippen LogP contribution in [0.4, 0.5) is 4.79 Å². The first-order valence-corrected chi connectivity index (χ1v) is 10.5. The van der Waals surface area contributed by atoms with Gasteiger partial charge in [-0.25, -0.2) is 4.79 Å². The molecule has 7 nitrogen and oxygen atoms in total. The van der Waals surface area contributed by atoms with Crippen molar-refractivity contribution in [2.45, 2.75) is 32.2 Å². The van der Waals surface area contributed by atoms with E-state index in [2.05, 4.69) is 5.32 Å². The molecule has 3 atom stereocenters. The summed E-state index contributed by atoms with van der Waals surface area (Å²) in [5, 5.41) is 21.4. The molecule has 2 aromatic rings. The molecule has 31 heavy (non-hydrogen) atoms. The highest BCUT2D eigenvalue weighted by Crippen LogP contribution is 2.21. The lowest BCUT2D eigenvalue weighted by molar-refractivity contribution is -0.142. The largest absolute Gasteiger partial charge is 0.481 e. The van der Waals surface area contributed by atoms with Crippen molar-refractivity contribution in [2.24, 2.45) is 11.8 Å². The van der Waals surface area contributed by atoms with Crippen molar-refractivity contribution in [1.82, 2.24) is 10.2 Å². The van der Waals surface area contributed by atoms with Gasteiger partial charge in [-0.05, 0) is 36.0 Å². The van der Waals surface area contributed by atoms with Gasteiger partial charge in [-0.15, -0.1) is 0 Å². The van der Waals surface area contributed by atoms with Gasteiger partial charge in [0.2, 0.25) is 0 Å². The van der Waals surface area contributed by atoms with E-state index in [0.29, 0.717) is 19.4 Å². The Morgan fingerprint density at radius 3 is 2.26 bits per heavy atom. The third-order valence-corrected chi connectivity index (χ3v) is 5.76. The van der Waals surface area contributed by atoms with Crippen LogP contribution in [0.1, 0.15) is 25.3 Å². The van der Waals surface area contributed by atoms with E-state index in [4.69, 9.17) is 5.11 Å². The molecule has 0 saturated carbocycles. The van der Waals surface area contributed by atoms with Crippen LogP contribution in [0.25, 0.3) is 11.1 Å². The molecule has 1 unspecified atom stereocenters. The van der Waals surface area contributed by atoms with Gasteiger partial charge in [0.25, 0.3) is 0 Å². The van der Waals surface area contributed by atoms with Crippen molar-refractivity contribution in [3.05, 3.63) is 60.2 Å². The van der Waals surface area contributed by atoms with Gasteiger partial charge in [0, 0.05) is 19.1 Å². The molecule has 2 amide bonds. The maximum atomic E-state index is 12.7. The number of likely N-dealkylation sites (tertiary alicyclic amines) is 1. The summed E-state index contributed by atoms with van der Waals surface area (Å²) in [7, 11) is 0. The number of carboxylic acid groups (broad SMARTS) is 2. The van der Waals surface area contributed by atoms with Gasteiger partial charge >= 0.3 is 18.0 Å². The topological polar surface area (TPSA) is 107 Å². The fraction of sp³-hybridized carbons (Fsp3) is 0.375. The molecule has 0 aromatic heterocycles. The monoisotopic (exact) mass is 424 g/mol. The lowest BCUT2D eigenvalue weighted by Gasteiger charge is -2.25. The maximum absolute atomic E-state index is 12.7. The van der Waals surface area contributed by atoms with Crippen LogP contribution in [0.2, 0.25) is 0 Å². The molecule has 0 aliphatic carbocycles. The molecule has 1 fully saturated rings. The number of nitrogens with one attached hydrogen (secondary N) is 1. The fourth-order valence-electron chi connectivity index (χ4n) is 3.88. The number of aliphatic carboxylic acids is 2. The van der Waals surface area contributed by atoms with Gasteiger partial charge in [-0.1, -0.05) is 61.5 Å². The number of urea groups is 1. The summed E-state index contributed by atoms with van der Waals surface area (Å²) in [5.41, 5.74) is 3.19. The second kappa shape index (κ2) is 10.1. The number of rotatable bonds is 8. The Morgan fingerprint density at radius 2 is 1.68 bits per heavy atom. The van der Waals surface area contributed by atoms with E-state index in [1.165, 1.54) is 4.90 Å². The van der Waals surface area contributed by atoms with Crippen molar-refractivity contribution in [2.75, 3.05) is 13.1 Å².